The van der Waals surface area contributed by atoms with Crippen LogP contribution < -0.4 is 10.1 Å². The smallest absolute Gasteiger partial charge is 0.261 e. The zero-order valence-electron chi connectivity index (χ0n) is 14.8. The SMILES string of the molecule is CC(Oc1nccnc1Cl)C(=O)NC1CCN(Cc2ccccc2)CC1. The molecule has 1 unspecified atom stereocenters. The second kappa shape index (κ2) is 8.96. The fraction of sp³-hybridized carbons (Fsp3) is 0.421. The fourth-order valence-corrected chi connectivity index (χ4v) is 3.15. The maximum absolute atomic E-state index is 12.4. The van der Waals surface area contributed by atoms with Gasteiger partial charge >= 0.3 is 0 Å². The van der Waals surface area contributed by atoms with Gasteiger partial charge in [-0.05, 0) is 25.3 Å². The Bertz CT molecular complexity index is 720. The van der Waals surface area contributed by atoms with Crippen LogP contribution in [0.15, 0.2) is 42.7 Å². The Morgan fingerprint density at radius 3 is 2.65 bits per heavy atom. The number of nitrogens with zero attached hydrogens (tertiary/aromatic N) is 3. The van der Waals surface area contributed by atoms with Crippen molar-refractivity contribution in [3.8, 4) is 5.88 Å². The molecular weight excluding hydrogens is 352 g/mol. The summed E-state index contributed by atoms with van der Waals surface area (Å²) in [6.07, 6.45) is 4.14. The first-order chi connectivity index (χ1) is 12.6. The van der Waals surface area contributed by atoms with E-state index >= 15 is 0 Å². The zero-order chi connectivity index (χ0) is 18.4. The molecule has 1 aliphatic heterocycles. The van der Waals surface area contributed by atoms with Gasteiger partial charge in [0.2, 0.25) is 0 Å². The molecule has 2 heterocycles. The van der Waals surface area contributed by atoms with Crippen molar-refractivity contribution in [2.75, 3.05) is 13.1 Å². The van der Waals surface area contributed by atoms with Crippen molar-refractivity contribution in [1.82, 2.24) is 20.2 Å². The number of rotatable bonds is 6. The predicted molar refractivity (Wildman–Crippen MR) is 100 cm³/mol. The standard InChI is InChI=1S/C19H23ClN4O2/c1-14(26-19-17(20)21-9-10-22-19)18(25)23-16-7-11-24(12-8-16)13-15-5-3-2-4-6-15/h2-6,9-10,14,16H,7-8,11-13H2,1H3,(H,23,25). The average molecular weight is 375 g/mol. The topological polar surface area (TPSA) is 67.3 Å². The second-order valence-electron chi connectivity index (χ2n) is 6.46. The molecule has 1 fully saturated rings. The van der Waals surface area contributed by atoms with Gasteiger partial charge in [-0.3, -0.25) is 9.69 Å². The number of benzene rings is 1. The van der Waals surface area contributed by atoms with Crippen molar-refractivity contribution in [3.63, 3.8) is 0 Å². The van der Waals surface area contributed by atoms with Crippen molar-refractivity contribution in [2.24, 2.45) is 0 Å². The summed E-state index contributed by atoms with van der Waals surface area (Å²) in [7, 11) is 0. The van der Waals surface area contributed by atoms with Crippen LogP contribution in [0.4, 0.5) is 0 Å². The van der Waals surface area contributed by atoms with Gasteiger partial charge < -0.3 is 10.1 Å². The summed E-state index contributed by atoms with van der Waals surface area (Å²) < 4.78 is 5.52. The minimum Gasteiger partial charge on any atom is -0.462 e. The van der Waals surface area contributed by atoms with E-state index in [0.29, 0.717) is 0 Å². The molecule has 1 aliphatic rings. The normalized spacial score (nSPS) is 16.8. The third-order valence-corrected chi connectivity index (χ3v) is 4.72. The quantitative estimate of drug-likeness (QED) is 0.842. The highest BCUT2D eigenvalue weighted by Gasteiger charge is 2.24. The molecule has 1 aromatic heterocycles. The van der Waals surface area contributed by atoms with Gasteiger partial charge in [0.1, 0.15) is 0 Å². The van der Waals surface area contributed by atoms with Crippen LogP contribution >= 0.6 is 11.6 Å². The molecule has 7 heteroatoms. The largest absolute Gasteiger partial charge is 0.462 e. The summed E-state index contributed by atoms with van der Waals surface area (Å²) in [6, 6.07) is 10.6. The van der Waals surface area contributed by atoms with Crippen LogP contribution in [0.25, 0.3) is 0 Å². The number of piperidine rings is 1. The molecule has 3 rings (SSSR count). The van der Waals surface area contributed by atoms with Crippen LogP contribution in [0.2, 0.25) is 5.15 Å². The van der Waals surface area contributed by atoms with Gasteiger partial charge in [0, 0.05) is 38.1 Å². The molecule has 1 aromatic carbocycles. The Hall–Kier alpha value is -2.18. The van der Waals surface area contributed by atoms with E-state index in [0.717, 1.165) is 32.5 Å². The van der Waals surface area contributed by atoms with Crippen LogP contribution in [-0.4, -0.2) is 46.0 Å². The number of aromatic nitrogens is 2. The van der Waals surface area contributed by atoms with Gasteiger partial charge in [0.05, 0.1) is 0 Å². The van der Waals surface area contributed by atoms with Crippen LogP contribution in [0.1, 0.15) is 25.3 Å². The monoisotopic (exact) mass is 374 g/mol. The predicted octanol–water partition coefficient (Wildman–Crippen LogP) is 2.68. The number of amides is 1. The van der Waals surface area contributed by atoms with Crippen LogP contribution in [0.3, 0.4) is 0 Å². The Kier molecular flexibility index (Phi) is 6.41. The van der Waals surface area contributed by atoms with Crippen molar-refractivity contribution < 1.29 is 9.53 Å². The van der Waals surface area contributed by atoms with Gasteiger partial charge in [0.25, 0.3) is 11.8 Å². The first-order valence-electron chi connectivity index (χ1n) is 8.81. The minimum absolute atomic E-state index is 0.154. The fourth-order valence-electron chi connectivity index (χ4n) is 3.00. The third kappa shape index (κ3) is 5.16. The number of carbonyl (C=O) groups is 1. The Morgan fingerprint density at radius 1 is 1.27 bits per heavy atom. The minimum atomic E-state index is -0.674. The van der Waals surface area contributed by atoms with E-state index in [2.05, 4.69) is 44.5 Å². The maximum Gasteiger partial charge on any atom is 0.261 e. The molecule has 0 bridgehead atoms. The molecule has 2 aromatic rings. The molecule has 138 valence electrons. The van der Waals surface area contributed by atoms with E-state index in [1.54, 1.807) is 6.92 Å². The lowest BCUT2D eigenvalue weighted by molar-refractivity contribution is -0.128. The van der Waals surface area contributed by atoms with Crippen LogP contribution in [0, 0.1) is 0 Å². The van der Waals surface area contributed by atoms with Crippen molar-refractivity contribution in [2.45, 2.75) is 38.5 Å². The highest BCUT2D eigenvalue weighted by Crippen LogP contribution is 2.19. The van der Waals surface area contributed by atoms with E-state index < -0.39 is 6.10 Å². The molecule has 1 saturated heterocycles. The lowest BCUT2D eigenvalue weighted by Crippen LogP contribution is -2.47. The Morgan fingerprint density at radius 2 is 1.96 bits per heavy atom. The highest BCUT2D eigenvalue weighted by molar-refractivity contribution is 6.30. The molecule has 1 amide bonds. The summed E-state index contributed by atoms with van der Waals surface area (Å²) in [5.74, 6) is 0.0164. The average Bonchev–Trinajstić information content (AvgIpc) is 2.66. The molecule has 1 N–H and O–H groups in total. The van der Waals surface area contributed by atoms with Gasteiger partial charge in [-0.2, -0.15) is 0 Å². The summed E-state index contributed by atoms with van der Waals surface area (Å²) in [5.41, 5.74) is 1.32. The number of hydrogen-bond acceptors (Lipinski definition) is 5. The number of likely N-dealkylation sites (tertiary alicyclic amines) is 1. The number of halogens is 1. The number of carbonyl (C=O) groups excluding carboxylic acids is 1. The molecular formula is C19H23ClN4O2. The lowest BCUT2D eigenvalue weighted by atomic mass is 10.0. The highest BCUT2D eigenvalue weighted by atomic mass is 35.5. The van der Waals surface area contributed by atoms with Crippen molar-refractivity contribution in [1.29, 1.82) is 0 Å². The summed E-state index contributed by atoms with van der Waals surface area (Å²) in [6.45, 7) is 4.56. The summed E-state index contributed by atoms with van der Waals surface area (Å²) in [5, 5.41) is 3.21. The number of nitrogens with one attached hydrogen (secondary N) is 1. The van der Waals surface area contributed by atoms with Gasteiger partial charge in [0.15, 0.2) is 11.3 Å². The first-order valence-corrected chi connectivity index (χ1v) is 9.19. The van der Waals surface area contributed by atoms with E-state index in [1.165, 1.54) is 18.0 Å². The molecule has 0 spiro atoms. The van der Waals surface area contributed by atoms with E-state index in [4.69, 9.17) is 16.3 Å². The van der Waals surface area contributed by atoms with Crippen LogP contribution in [0.5, 0.6) is 5.88 Å². The van der Waals surface area contributed by atoms with Crippen molar-refractivity contribution in [3.05, 3.63) is 53.4 Å². The number of ether oxygens (including phenoxy) is 1. The van der Waals surface area contributed by atoms with Crippen molar-refractivity contribution >= 4 is 17.5 Å². The van der Waals surface area contributed by atoms with Crippen LogP contribution in [-0.2, 0) is 11.3 Å². The molecule has 6 nitrogen and oxygen atoms in total. The van der Waals surface area contributed by atoms with Gasteiger partial charge in [-0.25, -0.2) is 9.97 Å². The molecule has 0 aliphatic carbocycles. The van der Waals surface area contributed by atoms with E-state index in [9.17, 15) is 4.79 Å². The molecule has 1 atom stereocenters. The molecule has 0 radical (unpaired) electrons. The zero-order valence-corrected chi connectivity index (χ0v) is 15.5. The van der Waals surface area contributed by atoms with Gasteiger partial charge in [-0.1, -0.05) is 41.9 Å². The molecule has 26 heavy (non-hydrogen) atoms. The second-order valence-corrected chi connectivity index (χ2v) is 6.82. The third-order valence-electron chi connectivity index (χ3n) is 4.46. The summed E-state index contributed by atoms with van der Waals surface area (Å²) >= 11 is 5.91. The lowest BCUT2D eigenvalue weighted by Gasteiger charge is -2.32. The Balaban J connectivity index is 1.43. The van der Waals surface area contributed by atoms with Gasteiger partial charge in [-0.15, -0.1) is 0 Å². The van der Waals surface area contributed by atoms with E-state index in [-0.39, 0.29) is 23.0 Å². The summed E-state index contributed by atoms with van der Waals surface area (Å²) in [4.78, 5) is 22.7. The number of hydrogen-bond donors (Lipinski definition) is 1. The molecule has 0 saturated carbocycles. The maximum atomic E-state index is 12.4. The Labute approximate surface area is 158 Å². The van der Waals surface area contributed by atoms with E-state index in [1.807, 2.05) is 6.07 Å². The first kappa shape index (κ1) is 18.6.